The van der Waals surface area contributed by atoms with Crippen LogP contribution in [0.25, 0.3) is 0 Å². The Hall–Kier alpha value is -1.27. The number of hydrogen-bond acceptors (Lipinski definition) is 3. The van der Waals surface area contributed by atoms with Crippen LogP contribution in [0.3, 0.4) is 0 Å². The first-order chi connectivity index (χ1) is 8.88. The molecular formula is C13H21N3O2S. The van der Waals surface area contributed by atoms with Crippen molar-refractivity contribution >= 4 is 21.6 Å². The van der Waals surface area contributed by atoms with Crippen LogP contribution < -0.4 is 10.5 Å². The molecule has 19 heavy (non-hydrogen) atoms. The van der Waals surface area contributed by atoms with Crippen molar-refractivity contribution in [1.29, 1.82) is 0 Å². The van der Waals surface area contributed by atoms with Crippen molar-refractivity contribution in [2.45, 2.75) is 26.7 Å². The van der Waals surface area contributed by atoms with Gasteiger partial charge in [0.25, 0.3) is 0 Å². The van der Waals surface area contributed by atoms with E-state index in [0.717, 1.165) is 18.4 Å². The van der Waals surface area contributed by atoms with Gasteiger partial charge >= 0.3 is 10.2 Å². The van der Waals surface area contributed by atoms with E-state index in [0.29, 0.717) is 30.4 Å². The fraction of sp³-hybridized carbons (Fsp3) is 0.538. The number of piperidine rings is 1. The van der Waals surface area contributed by atoms with Crippen LogP contribution in [0, 0.1) is 12.8 Å². The molecule has 1 aromatic carbocycles. The van der Waals surface area contributed by atoms with Crippen LogP contribution >= 0.6 is 0 Å². The van der Waals surface area contributed by atoms with Gasteiger partial charge in [0.2, 0.25) is 0 Å². The zero-order valence-corrected chi connectivity index (χ0v) is 12.2. The third-order valence-electron chi connectivity index (χ3n) is 3.61. The van der Waals surface area contributed by atoms with Gasteiger partial charge in [-0.1, -0.05) is 13.0 Å². The third kappa shape index (κ3) is 3.39. The van der Waals surface area contributed by atoms with Crippen LogP contribution in [-0.4, -0.2) is 25.8 Å². The van der Waals surface area contributed by atoms with Crippen molar-refractivity contribution in [2.75, 3.05) is 23.5 Å². The molecule has 1 saturated heterocycles. The lowest BCUT2D eigenvalue weighted by Crippen LogP contribution is -2.41. The van der Waals surface area contributed by atoms with Gasteiger partial charge in [0, 0.05) is 18.8 Å². The molecule has 1 aliphatic heterocycles. The molecule has 5 nitrogen and oxygen atoms in total. The summed E-state index contributed by atoms with van der Waals surface area (Å²) in [4.78, 5) is 0. The molecule has 0 unspecified atom stereocenters. The molecule has 3 N–H and O–H groups in total. The van der Waals surface area contributed by atoms with Crippen molar-refractivity contribution in [3.05, 3.63) is 23.8 Å². The lowest BCUT2D eigenvalue weighted by atomic mass is 10.0. The first-order valence-electron chi connectivity index (χ1n) is 6.52. The smallest absolute Gasteiger partial charge is 0.301 e. The molecule has 0 aliphatic carbocycles. The molecular weight excluding hydrogens is 262 g/mol. The molecule has 1 fully saturated rings. The first kappa shape index (κ1) is 14.1. The van der Waals surface area contributed by atoms with E-state index in [1.54, 1.807) is 12.1 Å². The van der Waals surface area contributed by atoms with E-state index >= 15 is 0 Å². The monoisotopic (exact) mass is 283 g/mol. The summed E-state index contributed by atoms with van der Waals surface area (Å²) in [5, 5.41) is 0. The van der Waals surface area contributed by atoms with Gasteiger partial charge in [-0.25, -0.2) is 0 Å². The van der Waals surface area contributed by atoms with Crippen molar-refractivity contribution in [2.24, 2.45) is 5.92 Å². The second kappa shape index (κ2) is 5.38. The van der Waals surface area contributed by atoms with Crippen LogP contribution in [0.2, 0.25) is 0 Å². The van der Waals surface area contributed by atoms with Crippen LogP contribution in [0.15, 0.2) is 18.2 Å². The van der Waals surface area contributed by atoms with Crippen LogP contribution in [0.1, 0.15) is 25.3 Å². The number of nitrogens with two attached hydrogens (primary N) is 1. The van der Waals surface area contributed by atoms with Gasteiger partial charge in [0.05, 0.1) is 5.69 Å². The number of hydrogen-bond donors (Lipinski definition) is 2. The first-order valence-corrected chi connectivity index (χ1v) is 7.96. The maximum atomic E-state index is 12.2. The van der Waals surface area contributed by atoms with Gasteiger partial charge in [0.15, 0.2) is 0 Å². The highest BCUT2D eigenvalue weighted by atomic mass is 32.2. The lowest BCUT2D eigenvalue weighted by molar-refractivity contribution is 0.289. The highest BCUT2D eigenvalue weighted by Crippen LogP contribution is 2.22. The molecule has 0 radical (unpaired) electrons. The summed E-state index contributed by atoms with van der Waals surface area (Å²) in [6.07, 6.45) is 1.83. The second-order valence-corrected chi connectivity index (χ2v) is 6.93. The second-order valence-electron chi connectivity index (χ2n) is 5.26. The minimum Gasteiger partial charge on any atom is -0.398 e. The van der Waals surface area contributed by atoms with Gasteiger partial charge in [-0.15, -0.1) is 0 Å². The zero-order valence-electron chi connectivity index (χ0n) is 11.4. The fourth-order valence-corrected chi connectivity index (χ4v) is 3.39. The Bertz CT molecular complexity index is 549. The number of nitrogens with one attached hydrogen (secondary N) is 1. The standard InChI is InChI=1S/C13H21N3O2S/c1-10-5-7-16(8-6-10)19(17,18)15-12-4-3-11(2)13(14)9-12/h3-4,9-10,15H,5-8,14H2,1-2H3. The summed E-state index contributed by atoms with van der Waals surface area (Å²) in [7, 11) is -3.46. The number of nitrogen functional groups attached to an aromatic ring is 1. The van der Waals surface area contributed by atoms with Crippen molar-refractivity contribution in [3.8, 4) is 0 Å². The van der Waals surface area contributed by atoms with Gasteiger partial charge in [-0.3, -0.25) is 4.72 Å². The average molecular weight is 283 g/mol. The van der Waals surface area contributed by atoms with Crippen molar-refractivity contribution in [1.82, 2.24) is 4.31 Å². The molecule has 106 valence electrons. The number of rotatable bonds is 3. The minimum absolute atomic E-state index is 0.515. The van der Waals surface area contributed by atoms with Gasteiger partial charge in [-0.05, 0) is 43.4 Å². The molecule has 1 aliphatic rings. The third-order valence-corrected chi connectivity index (χ3v) is 5.15. The Morgan fingerprint density at radius 2 is 1.95 bits per heavy atom. The Kier molecular flexibility index (Phi) is 4.01. The summed E-state index contributed by atoms with van der Waals surface area (Å²) < 4.78 is 28.6. The molecule has 0 amide bonds. The van der Waals surface area contributed by atoms with E-state index in [1.165, 1.54) is 4.31 Å². The maximum absolute atomic E-state index is 12.2. The number of anilines is 2. The normalized spacial score (nSPS) is 18.4. The number of benzene rings is 1. The minimum atomic E-state index is -3.46. The molecule has 2 rings (SSSR count). The van der Waals surface area contributed by atoms with Crippen molar-refractivity contribution < 1.29 is 8.42 Å². The van der Waals surface area contributed by atoms with E-state index in [2.05, 4.69) is 11.6 Å². The predicted molar refractivity (Wildman–Crippen MR) is 78.1 cm³/mol. The van der Waals surface area contributed by atoms with Crippen molar-refractivity contribution in [3.63, 3.8) is 0 Å². The molecule has 6 heteroatoms. The maximum Gasteiger partial charge on any atom is 0.301 e. The molecule has 1 heterocycles. The average Bonchev–Trinajstić information content (AvgIpc) is 2.34. The SMILES string of the molecule is Cc1ccc(NS(=O)(=O)N2CCC(C)CC2)cc1N. The number of nitrogens with zero attached hydrogens (tertiary/aromatic N) is 1. The Labute approximate surface area is 115 Å². The Morgan fingerprint density at radius 1 is 1.32 bits per heavy atom. The van der Waals surface area contributed by atoms with Crippen LogP contribution in [0.5, 0.6) is 0 Å². The van der Waals surface area contributed by atoms with Crippen LogP contribution in [-0.2, 0) is 10.2 Å². The molecule has 0 aromatic heterocycles. The Balaban J connectivity index is 2.10. The summed E-state index contributed by atoms with van der Waals surface area (Å²) in [5.41, 5.74) is 7.83. The highest BCUT2D eigenvalue weighted by Gasteiger charge is 2.26. The van der Waals surface area contributed by atoms with E-state index < -0.39 is 10.2 Å². The summed E-state index contributed by atoms with van der Waals surface area (Å²) in [5.74, 6) is 0.599. The highest BCUT2D eigenvalue weighted by molar-refractivity contribution is 7.90. The summed E-state index contributed by atoms with van der Waals surface area (Å²) in [6.45, 7) is 5.20. The fourth-order valence-electron chi connectivity index (χ4n) is 2.14. The molecule has 0 saturated carbocycles. The number of aryl methyl sites for hydroxylation is 1. The van der Waals surface area contributed by atoms with Gasteiger partial charge in [0.1, 0.15) is 0 Å². The predicted octanol–water partition coefficient (Wildman–Crippen LogP) is 1.97. The quantitative estimate of drug-likeness (QED) is 0.833. The molecule has 0 bridgehead atoms. The van der Waals surface area contributed by atoms with E-state index in [-0.39, 0.29) is 0 Å². The van der Waals surface area contributed by atoms with Gasteiger partial charge in [-0.2, -0.15) is 12.7 Å². The van der Waals surface area contributed by atoms with Gasteiger partial charge < -0.3 is 5.73 Å². The zero-order chi connectivity index (χ0) is 14.0. The van der Waals surface area contributed by atoms with E-state index in [9.17, 15) is 8.42 Å². The van der Waals surface area contributed by atoms with Crippen LogP contribution in [0.4, 0.5) is 11.4 Å². The molecule has 1 aromatic rings. The van der Waals surface area contributed by atoms with E-state index in [4.69, 9.17) is 5.73 Å². The Morgan fingerprint density at radius 3 is 2.53 bits per heavy atom. The summed E-state index contributed by atoms with van der Waals surface area (Å²) in [6, 6.07) is 5.20. The largest absolute Gasteiger partial charge is 0.398 e. The molecule has 0 spiro atoms. The van der Waals surface area contributed by atoms with E-state index in [1.807, 2.05) is 13.0 Å². The molecule has 0 atom stereocenters. The topological polar surface area (TPSA) is 75.4 Å². The summed E-state index contributed by atoms with van der Waals surface area (Å²) >= 11 is 0. The lowest BCUT2D eigenvalue weighted by Gasteiger charge is -2.29.